The molecule has 4 rings (SSSR count). The molecule has 168 valence electrons. The van der Waals surface area contributed by atoms with Crippen molar-refractivity contribution in [3.05, 3.63) is 86.4 Å². The fourth-order valence-corrected chi connectivity index (χ4v) is 4.25. The Kier molecular flexibility index (Phi) is 6.09. The molecule has 9 nitrogen and oxygen atoms in total. The number of nitrogens with one attached hydrogen (secondary N) is 1. The number of anilines is 1. The van der Waals surface area contributed by atoms with Gasteiger partial charge in [0.2, 0.25) is 5.91 Å². The van der Waals surface area contributed by atoms with Crippen LogP contribution in [0.25, 0.3) is 15.9 Å². The Labute approximate surface area is 191 Å². The Morgan fingerprint density at radius 3 is 2.58 bits per heavy atom. The van der Waals surface area contributed by atoms with Crippen molar-refractivity contribution < 1.29 is 19.1 Å². The van der Waals surface area contributed by atoms with Crippen LogP contribution in [0.5, 0.6) is 5.75 Å². The smallest absolute Gasteiger partial charge is 0.339 e. The molecule has 0 atom stereocenters. The van der Waals surface area contributed by atoms with Gasteiger partial charge in [-0.2, -0.15) is 0 Å². The highest BCUT2D eigenvalue weighted by molar-refractivity contribution is 7.17. The lowest BCUT2D eigenvalue weighted by atomic mass is 10.2. The first kappa shape index (κ1) is 22.0. The second kappa shape index (κ2) is 9.13. The van der Waals surface area contributed by atoms with E-state index in [1.165, 1.54) is 36.2 Å². The van der Waals surface area contributed by atoms with Crippen LogP contribution in [-0.2, 0) is 16.1 Å². The topological polar surface area (TPSA) is 109 Å². The largest absolute Gasteiger partial charge is 0.497 e. The van der Waals surface area contributed by atoms with Crippen LogP contribution in [0.2, 0.25) is 0 Å². The summed E-state index contributed by atoms with van der Waals surface area (Å²) in [4.78, 5) is 51.3. The highest BCUT2D eigenvalue weighted by Crippen LogP contribution is 2.19. The van der Waals surface area contributed by atoms with Crippen LogP contribution >= 0.6 is 11.3 Å². The maximum absolute atomic E-state index is 13.3. The fraction of sp³-hybridized carbons (Fsp3) is 0.130. The summed E-state index contributed by atoms with van der Waals surface area (Å²) in [5.74, 6) is -0.666. The minimum absolute atomic E-state index is 0.183. The van der Waals surface area contributed by atoms with E-state index < -0.39 is 23.1 Å². The Hall–Kier alpha value is -4.18. The van der Waals surface area contributed by atoms with E-state index in [4.69, 9.17) is 9.47 Å². The van der Waals surface area contributed by atoms with Crippen LogP contribution in [0, 0.1) is 0 Å². The first-order valence-corrected chi connectivity index (χ1v) is 10.7. The predicted octanol–water partition coefficient (Wildman–Crippen LogP) is 2.65. The summed E-state index contributed by atoms with van der Waals surface area (Å²) >= 11 is 1.18. The van der Waals surface area contributed by atoms with E-state index in [9.17, 15) is 19.2 Å². The molecule has 0 saturated carbocycles. The zero-order valence-electron chi connectivity index (χ0n) is 17.7. The number of fused-ring (bicyclic) bond motifs is 1. The first-order chi connectivity index (χ1) is 15.9. The van der Waals surface area contributed by atoms with Gasteiger partial charge in [0.1, 0.15) is 17.0 Å². The van der Waals surface area contributed by atoms with Crippen molar-refractivity contribution in [2.24, 2.45) is 0 Å². The summed E-state index contributed by atoms with van der Waals surface area (Å²) in [7, 11) is 2.73. The van der Waals surface area contributed by atoms with Gasteiger partial charge in [-0.05, 0) is 35.7 Å². The van der Waals surface area contributed by atoms with E-state index in [-0.39, 0.29) is 17.8 Å². The standard InChI is InChI=1S/C23H19N3O6S/c1-31-15-7-5-6-14(12-15)26-21(28)20-18(10-11-33-20)25(23(26)30)13-19(27)24-17-9-4-3-8-16(17)22(29)32-2/h3-12H,13H2,1-2H3,(H,24,27). The van der Waals surface area contributed by atoms with Gasteiger partial charge in [0.15, 0.2) is 0 Å². The van der Waals surface area contributed by atoms with E-state index in [0.717, 1.165) is 4.57 Å². The number of rotatable bonds is 6. The molecule has 1 N–H and O–H groups in total. The quantitative estimate of drug-likeness (QED) is 0.439. The second-order valence-electron chi connectivity index (χ2n) is 6.93. The molecule has 1 amide bonds. The second-order valence-corrected chi connectivity index (χ2v) is 7.85. The number of carbonyl (C=O) groups is 2. The van der Waals surface area contributed by atoms with Gasteiger partial charge in [-0.25, -0.2) is 14.2 Å². The molecular weight excluding hydrogens is 446 g/mol. The molecule has 0 aliphatic carbocycles. The maximum Gasteiger partial charge on any atom is 0.339 e. The SMILES string of the molecule is COC(=O)c1ccccc1NC(=O)Cn1c(=O)n(-c2cccc(OC)c2)c(=O)c2sccc21. The summed E-state index contributed by atoms with van der Waals surface area (Å²) in [6.07, 6.45) is 0. The number of carbonyl (C=O) groups excluding carboxylic acids is 2. The number of ether oxygens (including phenoxy) is 2. The van der Waals surface area contributed by atoms with Crippen molar-refractivity contribution in [2.75, 3.05) is 19.5 Å². The van der Waals surface area contributed by atoms with Gasteiger partial charge < -0.3 is 14.8 Å². The Morgan fingerprint density at radius 2 is 1.82 bits per heavy atom. The number of benzene rings is 2. The van der Waals surface area contributed by atoms with Crippen LogP contribution in [0.1, 0.15) is 10.4 Å². The lowest BCUT2D eigenvalue weighted by Crippen LogP contribution is -2.40. The summed E-state index contributed by atoms with van der Waals surface area (Å²) in [6.45, 7) is -0.369. The van der Waals surface area contributed by atoms with Gasteiger partial charge in [-0.15, -0.1) is 11.3 Å². The number of amides is 1. The van der Waals surface area contributed by atoms with Gasteiger partial charge in [-0.1, -0.05) is 18.2 Å². The molecule has 4 aromatic rings. The lowest BCUT2D eigenvalue weighted by Gasteiger charge is -2.14. The number of para-hydroxylation sites is 1. The molecule has 0 aliphatic heterocycles. The Bertz CT molecular complexity index is 1480. The van der Waals surface area contributed by atoms with Crippen LogP contribution in [0.15, 0.2) is 69.6 Å². The summed E-state index contributed by atoms with van der Waals surface area (Å²) in [5, 5.41) is 4.33. The van der Waals surface area contributed by atoms with Crippen molar-refractivity contribution in [3.8, 4) is 11.4 Å². The van der Waals surface area contributed by atoms with E-state index in [0.29, 0.717) is 21.7 Å². The van der Waals surface area contributed by atoms with Crippen LogP contribution in [0.4, 0.5) is 5.69 Å². The summed E-state index contributed by atoms with van der Waals surface area (Å²) in [5.41, 5.74) is -0.0373. The highest BCUT2D eigenvalue weighted by Gasteiger charge is 2.19. The van der Waals surface area contributed by atoms with Crippen molar-refractivity contribution >= 4 is 39.1 Å². The zero-order chi connectivity index (χ0) is 23.5. The van der Waals surface area contributed by atoms with E-state index >= 15 is 0 Å². The summed E-state index contributed by atoms with van der Waals surface area (Å²) < 4.78 is 12.5. The monoisotopic (exact) mass is 465 g/mol. The third kappa shape index (κ3) is 4.15. The van der Waals surface area contributed by atoms with E-state index in [1.807, 2.05) is 0 Å². The van der Waals surface area contributed by atoms with Crippen molar-refractivity contribution in [3.63, 3.8) is 0 Å². The van der Waals surface area contributed by atoms with Crippen LogP contribution in [0.3, 0.4) is 0 Å². The average Bonchev–Trinajstić information content (AvgIpc) is 3.32. The number of nitrogens with zero attached hydrogens (tertiary/aromatic N) is 2. The Morgan fingerprint density at radius 1 is 1.03 bits per heavy atom. The highest BCUT2D eigenvalue weighted by atomic mass is 32.1. The van der Waals surface area contributed by atoms with E-state index in [2.05, 4.69) is 5.32 Å². The van der Waals surface area contributed by atoms with Crippen LogP contribution in [-0.4, -0.2) is 35.2 Å². The third-order valence-electron chi connectivity index (χ3n) is 4.97. The molecule has 0 fully saturated rings. The molecular formula is C23H19N3O6S. The normalized spacial score (nSPS) is 10.7. The van der Waals surface area contributed by atoms with Gasteiger partial charge in [-0.3, -0.25) is 14.2 Å². The average molecular weight is 465 g/mol. The van der Waals surface area contributed by atoms with Gasteiger partial charge in [0.25, 0.3) is 5.56 Å². The molecule has 2 aromatic heterocycles. The number of esters is 1. The predicted molar refractivity (Wildman–Crippen MR) is 125 cm³/mol. The molecule has 2 heterocycles. The van der Waals surface area contributed by atoms with Gasteiger partial charge in [0.05, 0.1) is 36.7 Å². The number of thiophene rings is 1. The van der Waals surface area contributed by atoms with Crippen molar-refractivity contribution in [1.82, 2.24) is 9.13 Å². The van der Waals surface area contributed by atoms with Crippen molar-refractivity contribution in [1.29, 1.82) is 0 Å². The fourth-order valence-electron chi connectivity index (χ4n) is 3.43. The summed E-state index contributed by atoms with van der Waals surface area (Å²) in [6, 6.07) is 14.6. The first-order valence-electron chi connectivity index (χ1n) is 9.79. The van der Waals surface area contributed by atoms with Gasteiger partial charge >= 0.3 is 11.7 Å². The zero-order valence-corrected chi connectivity index (χ0v) is 18.5. The minimum atomic E-state index is -0.671. The minimum Gasteiger partial charge on any atom is -0.497 e. The number of methoxy groups -OCH3 is 2. The Balaban J connectivity index is 1.77. The molecule has 0 unspecified atom stereocenters. The molecule has 0 spiro atoms. The lowest BCUT2D eigenvalue weighted by molar-refractivity contribution is -0.116. The molecule has 10 heteroatoms. The molecule has 0 saturated heterocycles. The van der Waals surface area contributed by atoms with Crippen molar-refractivity contribution in [2.45, 2.75) is 6.54 Å². The number of hydrogen-bond acceptors (Lipinski definition) is 7. The molecule has 2 aromatic carbocycles. The van der Waals surface area contributed by atoms with Gasteiger partial charge in [0, 0.05) is 6.07 Å². The molecule has 0 bridgehead atoms. The molecule has 0 aliphatic rings. The third-order valence-corrected chi connectivity index (χ3v) is 5.87. The molecule has 33 heavy (non-hydrogen) atoms. The number of hydrogen-bond donors (Lipinski definition) is 1. The van der Waals surface area contributed by atoms with E-state index in [1.54, 1.807) is 53.9 Å². The molecule has 0 radical (unpaired) electrons. The van der Waals surface area contributed by atoms with Crippen LogP contribution < -0.4 is 21.3 Å². The maximum atomic E-state index is 13.3. The number of aromatic nitrogens is 2.